The first kappa shape index (κ1) is 22.2. The third-order valence-electron chi connectivity index (χ3n) is 6.09. The molecule has 4 rings (SSSR count). The molecule has 0 radical (unpaired) electrons. The standard InChI is InChI=1S/C24H31N5O3/c1-2-23(31)29-14-20(15-29)27-22-11-18(7-9-25-22)24(32)26-12-21(30)16-28-10-8-17-5-3-4-6-19(17)13-28/h3-7,9,11,20-21,30H,2,8,10,12-16H2,1H3,(H,25,27)(H,26,32)/t21-/m0/s1. The normalized spacial score (nSPS) is 17.2. The van der Waals surface area contributed by atoms with Crippen LogP contribution in [0.4, 0.5) is 5.82 Å². The molecule has 1 saturated heterocycles. The third kappa shape index (κ3) is 5.44. The van der Waals surface area contributed by atoms with E-state index in [9.17, 15) is 14.7 Å². The Labute approximate surface area is 188 Å². The molecule has 2 aromatic rings. The number of amides is 2. The van der Waals surface area contributed by atoms with Gasteiger partial charge in [0.2, 0.25) is 5.91 Å². The van der Waals surface area contributed by atoms with Gasteiger partial charge in [-0.25, -0.2) is 4.98 Å². The molecule has 32 heavy (non-hydrogen) atoms. The summed E-state index contributed by atoms with van der Waals surface area (Å²) in [4.78, 5) is 32.5. The van der Waals surface area contributed by atoms with E-state index in [4.69, 9.17) is 0 Å². The fourth-order valence-electron chi connectivity index (χ4n) is 4.24. The second kappa shape index (κ2) is 10.1. The van der Waals surface area contributed by atoms with Gasteiger partial charge in [-0.2, -0.15) is 0 Å². The van der Waals surface area contributed by atoms with E-state index in [1.165, 1.54) is 11.1 Å². The average Bonchev–Trinajstić information content (AvgIpc) is 2.79. The van der Waals surface area contributed by atoms with Gasteiger partial charge in [-0.15, -0.1) is 0 Å². The number of rotatable bonds is 8. The van der Waals surface area contributed by atoms with Crippen LogP contribution in [-0.4, -0.2) is 76.6 Å². The van der Waals surface area contributed by atoms with Crippen molar-refractivity contribution in [1.29, 1.82) is 0 Å². The number of fused-ring (bicyclic) bond motifs is 1. The molecule has 2 aliphatic heterocycles. The Morgan fingerprint density at radius 1 is 1.22 bits per heavy atom. The number of aliphatic hydroxyl groups is 1. The Kier molecular flexibility index (Phi) is 7.02. The van der Waals surface area contributed by atoms with Crippen LogP contribution in [0.1, 0.15) is 34.8 Å². The van der Waals surface area contributed by atoms with Crippen molar-refractivity contribution in [3.63, 3.8) is 0 Å². The molecule has 0 aliphatic carbocycles. The second-order valence-electron chi connectivity index (χ2n) is 8.54. The fourth-order valence-corrected chi connectivity index (χ4v) is 4.24. The highest BCUT2D eigenvalue weighted by atomic mass is 16.3. The summed E-state index contributed by atoms with van der Waals surface area (Å²) < 4.78 is 0. The van der Waals surface area contributed by atoms with E-state index in [1.54, 1.807) is 23.2 Å². The molecule has 8 nitrogen and oxygen atoms in total. The maximum atomic E-state index is 12.6. The summed E-state index contributed by atoms with van der Waals surface area (Å²) in [5.74, 6) is 0.519. The summed E-state index contributed by atoms with van der Waals surface area (Å²) in [7, 11) is 0. The summed E-state index contributed by atoms with van der Waals surface area (Å²) in [5.41, 5.74) is 3.17. The predicted molar refractivity (Wildman–Crippen MR) is 122 cm³/mol. The van der Waals surface area contributed by atoms with Crippen molar-refractivity contribution in [2.24, 2.45) is 0 Å². The van der Waals surface area contributed by atoms with Crippen LogP contribution < -0.4 is 10.6 Å². The van der Waals surface area contributed by atoms with Gasteiger partial charge in [0, 0.05) is 57.4 Å². The maximum absolute atomic E-state index is 12.6. The van der Waals surface area contributed by atoms with Gasteiger partial charge in [-0.3, -0.25) is 14.5 Å². The summed E-state index contributed by atoms with van der Waals surface area (Å²) in [6.45, 7) is 5.60. The van der Waals surface area contributed by atoms with Gasteiger partial charge < -0.3 is 20.6 Å². The molecular formula is C24H31N5O3. The first-order valence-electron chi connectivity index (χ1n) is 11.3. The van der Waals surface area contributed by atoms with Crippen LogP contribution in [0.5, 0.6) is 0 Å². The second-order valence-corrected chi connectivity index (χ2v) is 8.54. The quantitative estimate of drug-likeness (QED) is 0.575. The number of aromatic nitrogens is 1. The van der Waals surface area contributed by atoms with E-state index in [-0.39, 0.29) is 24.4 Å². The fraction of sp³-hybridized carbons (Fsp3) is 0.458. The van der Waals surface area contributed by atoms with E-state index < -0.39 is 6.10 Å². The number of nitrogens with one attached hydrogen (secondary N) is 2. The van der Waals surface area contributed by atoms with Crippen LogP contribution in [0.15, 0.2) is 42.6 Å². The molecule has 1 aromatic heterocycles. The van der Waals surface area contributed by atoms with Gasteiger partial charge in [0.1, 0.15) is 5.82 Å². The monoisotopic (exact) mass is 437 g/mol. The zero-order chi connectivity index (χ0) is 22.5. The zero-order valence-corrected chi connectivity index (χ0v) is 18.5. The van der Waals surface area contributed by atoms with Gasteiger partial charge >= 0.3 is 0 Å². The Bertz CT molecular complexity index is 960. The van der Waals surface area contributed by atoms with E-state index in [2.05, 4.69) is 38.7 Å². The number of likely N-dealkylation sites (tertiary alicyclic amines) is 1. The summed E-state index contributed by atoms with van der Waals surface area (Å²) in [6, 6.07) is 11.9. The first-order valence-corrected chi connectivity index (χ1v) is 11.3. The number of benzene rings is 1. The molecule has 8 heteroatoms. The van der Waals surface area contributed by atoms with Crippen molar-refractivity contribution in [3.8, 4) is 0 Å². The minimum atomic E-state index is -0.638. The van der Waals surface area contributed by atoms with E-state index >= 15 is 0 Å². The van der Waals surface area contributed by atoms with Crippen molar-refractivity contribution >= 4 is 17.6 Å². The maximum Gasteiger partial charge on any atom is 0.251 e. The highest BCUT2D eigenvalue weighted by Crippen LogP contribution is 2.19. The lowest BCUT2D eigenvalue weighted by Gasteiger charge is -2.39. The molecule has 0 bridgehead atoms. The minimum absolute atomic E-state index is 0.146. The van der Waals surface area contributed by atoms with Crippen LogP contribution in [0.3, 0.4) is 0 Å². The van der Waals surface area contributed by atoms with Gasteiger partial charge in [0.15, 0.2) is 0 Å². The lowest BCUT2D eigenvalue weighted by atomic mass is 10.00. The predicted octanol–water partition coefficient (Wildman–Crippen LogP) is 1.26. The van der Waals surface area contributed by atoms with Gasteiger partial charge in [0.05, 0.1) is 12.1 Å². The average molecular weight is 438 g/mol. The van der Waals surface area contributed by atoms with E-state index in [1.807, 2.05) is 13.0 Å². The van der Waals surface area contributed by atoms with Crippen molar-refractivity contribution in [2.75, 3.05) is 38.0 Å². The topological polar surface area (TPSA) is 97.8 Å². The number of anilines is 1. The molecule has 3 heterocycles. The van der Waals surface area contributed by atoms with Crippen LogP contribution >= 0.6 is 0 Å². The summed E-state index contributed by atoms with van der Waals surface area (Å²) in [5, 5.41) is 16.5. The van der Waals surface area contributed by atoms with Crippen LogP contribution in [0, 0.1) is 0 Å². The highest BCUT2D eigenvalue weighted by molar-refractivity contribution is 5.94. The molecule has 1 aromatic carbocycles. The molecule has 0 saturated carbocycles. The minimum Gasteiger partial charge on any atom is -0.390 e. The van der Waals surface area contributed by atoms with Crippen LogP contribution in [0.25, 0.3) is 0 Å². The van der Waals surface area contributed by atoms with Gasteiger partial charge in [-0.05, 0) is 29.7 Å². The Hall–Kier alpha value is -2.97. The molecule has 170 valence electrons. The zero-order valence-electron chi connectivity index (χ0n) is 18.5. The highest BCUT2D eigenvalue weighted by Gasteiger charge is 2.29. The van der Waals surface area contributed by atoms with Crippen molar-refractivity contribution < 1.29 is 14.7 Å². The SMILES string of the molecule is CCC(=O)N1CC(Nc2cc(C(=O)NC[C@H](O)CN3CCc4ccccc4C3)ccn2)C1. The number of β-amino-alcohol motifs (C(OH)–C–C–N with tert-alkyl or cyclic N) is 1. The van der Waals surface area contributed by atoms with Gasteiger partial charge in [-0.1, -0.05) is 31.2 Å². The number of nitrogens with zero attached hydrogens (tertiary/aromatic N) is 3. The smallest absolute Gasteiger partial charge is 0.251 e. The third-order valence-corrected chi connectivity index (χ3v) is 6.09. The van der Waals surface area contributed by atoms with Crippen LogP contribution in [-0.2, 0) is 17.8 Å². The van der Waals surface area contributed by atoms with Crippen molar-refractivity contribution in [3.05, 3.63) is 59.3 Å². The largest absolute Gasteiger partial charge is 0.390 e. The van der Waals surface area contributed by atoms with E-state index in [0.29, 0.717) is 37.4 Å². The lowest BCUT2D eigenvalue weighted by Crippen LogP contribution is -2.56. The number of aliphatic hydroxyl groups excluding tert-OH is 1. The van der Waals surface area contributed by atoms with Crippen molar-refractivity contribution in [2.45, 2.75) is 38.5 Å². The first-order chi connectivity index (χ1) is 15.5. The summed E-state index contributed by atoms with van der Waals surface area (Å²) >= 11 is 0. The Balaban J connectivity index is 1.22. The molecule has 2 amide bonds. The number of pyridine rings is 1. The van der Waals surface area contributed by atoms with Crippen molar-refractivity contribution in [1.82, 2.24) is 20.1 Å². The Morgan fingerprint density at radius 3 is 2.78 bits per heavy atom. The van der Waals surface area contributed by atoms with Crippen LogP contribution in [0.2, 0.25) is 0 Å². The van der Waals surface area contributed by atoms with Gasteiger partial charge in [0.25, 0.3) is 5.91 Å². The number of hydrogen-bond acceptors (Lipinski definition) is 6. The number of carbonyl (C=O) groups excluding carboxylic acids is 2. The number of hydrogen-bond donors (Lipinski definition) is 3. The number of carbonyl (C=O) groups is 2. The summed E-state index contributed by atoms with van der Waals surface area (Å²) in [6.07, 6.45) is 2.44. The molecule has 1 fully saturated rings. The molecule has 0 unspecified atom stereocenters. The Morgan fingerprint density at radius 2 is 2.00 bits per heavy atom. The lowest BCUT2D eigenvalue weighted by molar-refractivity contribution is -0.134. The van der Waals surface area contributed by atoms with E-state index in [0.717, 1.165) is 19.5 Å². The molecule has 2 aliphatic rings. The molecular weight excluding hydrogens is 406 g/mol. The molecule has 1 atom stereocenters. The molecule has 3 N–H and O–H groups in total. The molecule has 0 spiro atoms.